The van der Waals surface area contributed by atoms with Gasteiger partial charge >= 0.3 is 0 Å². The van der Waals surface area contributed by atoms with Gasteiger partial charge in [0.25, 0.3) is 5.91 Å². The van der Waals surface area contributed by atoms with Gasteiger partial charge in [-0.15, -0.1) is 22.7 Å². The van der Waals surface area contributed by atoms with Crippen molar-refractivity contribution in [3.05, 3.63) is 44.3 Å². The van der Waals surface area contributed by atoms with Crippen molar-refractivity contribution in [3.8, 4) is 0 Å². The molecule has 2 aromatic heterocycles. The molecule has 0 radical (unpaired) electrons. The van der Waals surface area contributed by atoms with E-state index in [4.69, 9.17) is 5.73 Å². The van der Waals surface area contributed by atoms with Crippen LogP contribution in [0.25, 0.3) is 0 Å². The van der Waals surface area contributed by atoms with Crippen molar-refractivity contribution >= 4 is 34.5 Å². The molecular weight excluding hydrogens is 464 g/mol. The molecule has 2 aromatic rings. The van der Waals surface area contributed by atoms with Gasteiger partial charge < -0.3 is 16.0 Å². The Morgan fingerprint density at radius 3 is 2.53 bits per heavy atom. The molecule has 0 aromatic carbocycles. The highest BCUT2D eigenvalue weighted by molar-refractivity contribution is 7.12. The van der Waals surface area contributed by atoms with E-state index >= 15 is 0 Å². The van der Waals surface area contributed by atoms with Gasteiger partial charge in [0.05, 0.1) is 4.88 Å². The third-order valence-corrected chi connectivity index (χ3v) is 9.45. The number of aryl methyl sites for hydroxylation is 1. The molecule has 1 aliphatic heterocycles. The first-order valence-corrected chi connectivity index (χ1v) is 14.4. The predicted octanol–water partition coefficient (Wildman–Crippen LogP) is 4.14. The smallest absolute Gasteiger partial charge is 0.264 e. The summed E-state index contributed by atoms with van der Waals surface area (Å²) in [6.07, 6.45) is 7.84. The highest BCUT2D eigenvalue weighted by atomic mass is 32.1. The van der Waals surface area contributed by atoms with Crippen molar-refractivity contribution in [2.75, 3.05) is 6.54 Å². The van der Waals surface area contributed by atoms with Crippen LogP contribution in [0.3, 0.4) is 0 Å². The van der Waals surface area contributed by atoms with E-state index < -0.39 is 6.04 Å². The van der Waals surface area contributed by atoms with Gasteiger partial charge in [-0.25, -0.2) is 0 Å². The monoisotopic (exact) mass is 500 g/mol. The minimum absolute atomic E-state index is 0.00822. The van der Waals surface area contributed by atoms with Gasteiger partial charge in [-0.05, 0) is 81.9 Å². The Balaban J connectivity index is 1.33. The summed E-state index contributed by atoms with van der Waals surface area (Å²) in [5.41, 5.74) is 6.07. The van der Waals surface area contributed by atoms with Crippen LogP contribution in [0.15, 0.2) is 29.6 Å². The molecule has 1 saturated heterocycles. The number of nitrogens with one attached hydrogen (secondary N) is 1. The molecule has 5 rings (SSSR count). The lowest BCUT2D eigenvalue weighted by Crippen LogP contribution is -2.58. The Bertz CT molecular complexity index is 979. The first kappa shape index (κ1) is 24.0. The molecule has 0 bridgehead atoms. The molecule has 3 fully saturated rings. The number of nitrogens with zero attached hydrogens (tertiary/aromatic N) is 2. The lowest BCUT2D eigenvalue weighted by atomic mass is 9.90. The number of carbonyl (C=O) groups is 2. The second kappa shape index (κ2) is 10.5. The molecule has 34 heavy (non-hydrogen) atoms. The standard InChI is InChI=1S/C26H36N4O2S2/c1-17-4-11-22(34-17)16-30(20-9-10-20)21-12-13-29(26(32)24-3-2-14-33-24)23(15-21)25(31)28-19-7-5-18(27)6-8-19/h2-4,11,14,18-21,23H,5-10,12-13,15-16,27H2,1H3,(H,28,31)/t18?,19?,21?,23-/m1/s1. The lowest BCUT2D eigenvalue weighted by molar-refractivity contribution is -0.128. The van der Waals surface area contributed by atoms with Crippen LogP contribution in [0.5, 0.6) is 0 Å². The van der Waals surface area contributed by atoms with Crippen LogP contribution in [0.2, 0.25) is 0 Å². The number of rotatable bonds is 7. The van der Waals surface area contributed by atoms with E-state index in [0.717, 1.165) is 38.6 Å². The van der Waals surface area contributed by atoms with E-state index in [9.17, 15) is 9.59 Å². The third-order valence-electron chi connectivity index (χ3n) is 7.61. The average Bonchev–Trinajstić information content (AvgIpc) is 3.35. The molecule has 3 aliphatic rings. The predicted molar refractivity (Wildman–Crippen MR) is 138 cm³/mol. The summed E-state index contributed by atoms with van der Waals surface area (Å²) in [7, 11) is 0. The Kier molecular flexibility index (Phi) is 7.39. The van der Waals surface area contributed by atoms with E-state index in [2.05, 4.69) is 29.3 Å². The van der Waals surface area contributed by atoms with Gasteiger partial charge in [-0.1, -0.05) is 6.07 Å². The van der Waals surface area contributed by atoms with Crippen LogP contribution in [-0.2, 0) is 11.3 Å². The fourth-order valence-electron chi connectivity index (χ4n) is 5.55. The largest absolute Gasteiger partial charge is 0.352 e. The van der Waals surface area contributed by atoms with Crippen molar-refractivity contribution in [1.29, 1.82) is 0 Å². The summed E-state index contributed by atoms with van der Waals surface area (Å²) in [5, 5.41) is 5.22. The molecule has 2 amide bonds. The molecule has 1 unspecified atom stereocenters. The Hall–Kier alpha value is -1.74. The van der Waals surface area contributed by atoms with Crippen molar-refractivity contribution in [1.82, 2.24) is 15.1 Å². The molecule has 2 aliphatic carbocycles. The van der Waals surface area contributed by atoms with Gasteiger partial charge in [-0.2, -0.15) is 0 Å². The fourth-order valence-corrected chi connectivity index (χ4v) is 7.13. The summed E-state index contributed by atoms with van der Waals surface area (Å²) >= 11 is 3.32. The first-order chi connectivity index (χ1) is 16.5. The van der Waals surface area contributed by atoms with Crippen molar-refractivity contribution < 1.29 is 9.59 Å². The Morgan fingerprint density at radius 1 is 1.09 bits per heavy atom. The highest BCUT2D eigenvalue weighted by Crippen LogP contribution is 2.36. The van der Waals surface area contributed by atoms with Crippen LogP contribution in [0.4, 0.5) is 0 Å². The van der Waals surface area contributed by atoms with Crippen LogP contribution in [0, 0.1) is 6.92 Å². The molecule has 6 nitrogen and oxygen atoms in total. The van der Waals surface area contributed by atoms with Crippen LogP contribution < -0.4 is 11.1 Å². The average molecular weight is 501 g/mol. The first-order valence-electron chi connectivity index (χ1n) is 12.7. The zero-order valence-corrected chi connectivity index (χ0v) is 21.6. The number of likely N-dealkylation sites (tertiary alicyclic amines) is 1. The topological polar surface area (TPSA) is 78.7 Å². The van der Waals surface area contributed by atoms with E-state index in [1.54, 1.807) is 0 Å². The maximum atomic E-state index is 13.6. The molecular formula is C26H36N4O2S2. The van der Waals surface area contributed by atoms with Gasteiger partial charge in [-0.3, -0.25) is 14.5 Å². The molecule has 2 saturated carbocycles. The molecule has 0 spiro atoms. The summed E-state index contributed by atoms with van der Waals surface area (Å²) in [6.45, 7) is 3.73. The summed E-state index contributed by atoms with van der Waals surface area (Å²) in [6, 6.07) is 9.12. The third kappa shape index (κ3) is 5.56. The Labute approximate surface area is 210 Å². The number of piperidine rings is 1. The maximum absolute atomic E-state index is 13.6. The highest BCUT2D eigenvalue weighted by Gasteiger charge is 2.42. The SMILES string of the molecule is Cc1ccc(CN(C2CC2)C2CCN(C(=O)c3cccs3)[C@@H](C(=O)NC3CCC(N)CC3)C2)s1. The molecule has 8 heteroatoms. The Morgan fingerprint density at radius 2 is 1.88 bits per heavy atom. The molecule has 2 atom stereocenters. The number of carbonyl (C=O) groups excluding carboxylic acids is 2. The molecule has 184 valence electrons. The second-order valence-electron chi connectivity index (χ2n) is 10.2. The quantitative estimate of drug-likeness (QED) is 0.599. The normalized spacial score (nSPS) is 27.7. The van der Waals surface area contributed by atoms with Gasteiger partial charge in [0.15, 0.2) is 0 Å². The molecule has 3 N–H and O–H groups in total. The van der Waals surface area contributed by atoms with E-state index in [-0.39, 0.29) is 23.9 Å². The van der Waals surface area contributed by atoms with Crippen LogP contribution in [0.1, 0.15) is 70.8 Å². The number of hydrogen-bond acceptors (Lipinski definition) is 6. The minimum Gasteiger partial charge on any atom is -0.352 e. The summed E-state index contributed by atoms with van der Waals surface area (Å²) < 4.78 is 0. The van der Waals surface area contributed by atoms with Crippen LogP contribution in [-0.4, -0.2) is 58.4 Å². The van der Waals surface area contributed by atoms with E-state index in [1.165, 1.54) is 33.9 Å². The van der Waals surface area contributed by atoms with E-state index in [1.807, 2.05) is 33.7 Å². The summed E-state index contributed by atoms with van der Waals surface area (Å²) in [5.74, 6) is 0.00362. The van der Waals surface area contributed by atoms with Crippen molar-refractivity contribution in [3.63, 3.8) is 0 Å². The number of amides is 2. The number of hydrogen-bond donors (Lipinski definition) is 2. The van der Waals surface area contributed by atoms with Crippen molar-refractivity contribution in [2.45, 2.75) is 95.0 Å². The zero-order chi connectivity index (χ0) is 23.7. The summed E-state index contributed by atoms with van der Waals surface area (Å²) in [4.78, 5) is 34.9. The fraction of sp³-hybridized carbons (Fsp3) is 0.615. The van der Waals surface area contributed by atoms with Gasteiger partial charge in [0.1, 0.15) is 6.04 Å². The van der Waals surface area contributed by atoms with Crippen molar-refractivity contribution in [2.24, 2.45) is 5.73 Å². The zero-order valence-electron chi connectivity index (χ0n) is 19.9. The second-order valence-corrected chi connectivity index (χ2v) is 12.5. The van der Waals surface area contributed by atoms with Gasteiger partial charge in [0, 0.05) is 47.0 Å². The van der Waals surface area contributed by atoms with Gasteiger partial charge in [0.2, 0.25) is 5.91 Å². The van der Waals surface area contributed by atoms with E-state index in [0.29, 0.717) is 29.9 Å². The van der Waals surface area contributed by atoms with Crippen LogP contribution >= 0.6 is 22.7 Å². The number of thiophene rings is 2. The lowest BCUT2D eigenvalue weighted by Gasteiger charge is -2.43. The maximum Gasteiger partial charge on any atom is 0.264 e. The minimum atomic E-state index is -0.421. The molecule has 3 heterocycles. The number of nitrogens with two attached hydrogens (primary N) is 1.